The van der Waals surface area contributed by atoms with Crippen molar-refractivity contribution in [3.63, 3.8) is 0 Å². The monoisotopic (exact) mass is 388 g/mol. The molecule has 1 aliphatic carbocycles. The van der Waals surface area contributed by atoms with Crippen LogP contribution in [0.15, 0.2) is 30.3 Å². The maximum absolute atomic E-state index is 13.0. The molecule has 27 heavy (non-hydrogen) atoms. The van der Waals surface area contributed by atoms with Gasteiger partial charge in [-0.05, 0) is 30.9 Å². The van der Waals surface area contributed by atoms with Crippen LogP contribution in [0.3, 0.4) is 0 Å². The third-order valence-electron chi connectivity index (χ3n) is 5.74. The number of amides is 1. The molecule has 6 nitrogen and oxygen atoms in total. The highest BCUT2D eigenvalue weighted by molar-refractivity contribution is 6.35. The minimum Gasteiger partial charge on any atom is -0.481 e. The number of piperidine rings is 1. The maximum atomic E-state index is 13.0. The first-order chi connectivity index (χ1) is 12.9. The van der Waals surface area contributed by atoms with Crippen molar-refractivity contribution in [3.05, 3.63) is 41.0 Å². The summed E-state index contributed by atoms with van der Waals surface area (Å²) >= 11 is 6.19. The van der Waals surface area contributed by atoms with Crippen LogP contribution in [0.5, 0.6) is 0 Å². The smallest absolute Gasteiger partial charge is 0.314 e. The molecule has 0 bridgehead atoms. The zero-order chi connectivity index (χ0) is 19.2. The molecular formula is C20H21ClN2O4. The average Bonchev–Trinajstić information content (AvgIpc) is 3.47. The molecule has 0 unspecified atom stereocenters. The van der Waals surface area contributed by atoms with E-state index in [1.54, 1.807) is 18.2 Å². The Morgan fingerprint density at radius 3 is 2.70 bits per heavy atom. The molecule has 1 aliphatic heterocycles. The topological polar surface area (TPSA) is 90.7 Å². The number of benzene rings is 1. The number of fused-ring (bicyclic) bond motifs is 1. The molecule has 2 fully saturated rings. The van der Waals surface area contributed by atoms with Crippen LogP contribution < -0.4 is 0 Å². The molecule has 0 radical (unpaired) electrons. The van der Waals surface area contributed by atoms with Crippen molar-refractivity contribution < 1.29 is 19.8 Å². The first-order valence-electron chi connectivity index (χ1n) is 9.17. The Hall–Kier alpha value is -2.18. The van der Waals surface area contributed by atoms with E-state index in [-0.39, 0.29) is 24.6 Å². The molecular weight excluding hydrogens is 368 g/mol. The number of aliphatic hydroxyl groups excluding tert-OH is 1. The van der Waals surface area contributed by atoms with Gasteiger partial charge in [-0.25, -0.2) is 4.98 Å². The largest absolute Gasteiger partial charge is 0.481 e. The van der Waals surface area contributed by atoms with Gasteiger partial charge >= 0.3 is 5.97 Å². The summed E-state index contributed by atoms with van der Waals surface area (Å²) in [5, 5.41) is 21.6. The Labute approximate surface area is 161 Å². The Morgan fingerprint density at radius 1 is 1.22 bits per heavy atom. The predicted molar refractivity (Wildman–Crippen MR) is 101 cm³/mol. The number of carboxylic acids is 1. The number of aliphatic hydroxyl groups is 1. The molecule has 2 atom stereocenters. The van der Waals surface area contributed by atoms with Crippen molar-refractivity contribution in [2.75, 3.05) is 13.1 Å². The van der Waals surface area contributed by atoms with Crippen molar-refractivity contribution in [2.45, 2.75) is 31.8 Å². The summed E-state index contributed by atoms with van der Waals surface area (Å²) in [7, 11) is 0. The molecule has 1 saturated carbocycles. The number of aromatic nitrogens is 1. The number of hydrogen-bond donors (Lipinski definition) is 2. The third kappa shape index (κ3) is 3.28. The van der Waals surface area contributed by atoms with E-state index < -0.39 is 17.5 Å². The summed E-state index contributed by atoms with van der Waals surface area (Å²) < 4.78 is 0. The minimum atomic E-state index is -1.30. The Kier molecular flexibility index (Phi) is 4.56. The highest BCUT2D eigenvalue weighted by Gasteiger charge is 2.52. The molecule has 1 aromatic carbocycles. The summed E-state index contributed by atoms with van der Waals surface area (Å²) in [5.74, 6) is -1.04. The Morgan fingerprint density at radius 2 is 2.00 bits per heavy atom. The lowest BCUT2D eigenvalue weighted by molar-refractivity contribution is -0.163. The number of halogens is 1. The summed E-state index contributed by atoms with van der Waals surface area (Å²) in [6, 6.07) is 8.82. The number of aliphatic carboxylic acids is 1. The van der Waals surface area contributed by atoms with Gasteiger partial charge in [-0.15, -0.1) is 0 Å². The number of para-hydroxylation sites is 1. The normalized spacial score (nSPS) is 25.6. The van der Waals surface area contributed by atoms with Gasteiger partial charge in [-0.2, -0.15) is 0 Å². The van der Waals surface area contributed by atoms with E-state index in [9.17, 15) is 19.8 Å². The maximum Gasteiger partial charge on any atom is 0.314 e. The van der Waals surface area contributed by atoms with Gasteiger partial charge in [0.25, 0.3) is 5.91 Å². The third-order valence-corrected chi connectivity index (χ3v) is 6.04. The summed E-state index contributed by atoms with van der Waals surface area (Å²) in [6.45, 7) is 0.309. The molecule has 1 saturated heterocycles. The van der Waals surface area contributed by atoms with Crippen LogP contribution in [-0.4, -0.2) is 51.2 Å². The van der Waals surface area contributed by atoms with Gasteiger partial charge in [0.2, 0.25) is 0 Å². The van der Waals surface area contributed by atoms with E-state index in [1.807, 2.05) is 12.1 Å². The fourth-order valence-corrected chi connectivity index (χ4v) is 4.20. The van der Waals surface area contributed by atoms with Gasteiger partial charge in [-0.1, -0.05) is 42.6 Å². The van der Waals surface area contributed by atoms with Gasteiger partial charge in [0.05, 0.1) is 16.6 Å². The molecule has 2 N–H and O–H groups in total. The van der Waals surface area contributed by atoms with Gasteiger partial charge in [0.15, 0.2) is 0 Å². The predicted octanol–water partition coefficient (Wildman–Crippen LogP) is 2.97. The number of likely N-dealkylation sites (tertiary alicyclic amines) is 1. The number of pyridine rings is 1. The molecule has 0 spiro atoms. The molecule has 1 amide bonds. The lowest BCUT2D eigenvalue weighted by Gasteiger charge is -2.43. The van der Waals surface area contributed by atoms with E-state index in [1.165, 1.54) is 4.90 Å². The molecule has 7 heteroatoms. The van der Waals surface area contributed by atoms with Crippen molar-refractivity contribution in [3.8, 4) is 0 Å². The Balaban J connectivity index is 1.63. The fraction of sp³-hybridized carbons (Fsp3) is 0.450. The zero-order valence-corrected chi connectivity index (χ0v) is 15.5. The number of carbonyl (C=O) groups excluding carboxylic acids is 1. The van der Waals surface area contributed by atoms with Crippen LogP contribution in [0.25, 0.3) is 10.9 Å². The number of carboxylic acid groups (broad SMARTS) is 1. The number of nitrogens with zero attached hydrogens (tertiary/aromatic N) is 2. The molecule has 142 valence electrons. The first kappa shape index (κ1) is 18.2. The fourth-order valence-electron chi connectivity index (χ4n) is 3.98. The second-order valence-electron chi connectivity index (χ2n) is 7.65. The van der Waals surface area contributed by atoms with Gasteiger partial charge in [0.1, 0.15) is 11.1 Å². The van der Waals surface area contributed by atoms with E-state index in [2.05, 4.69) is 4.98 Å². The van der Waals surface area contributed by atoms with Crippen molar-refractivity contribution in [1.29, 1.82) is 0 Å². The second-order valence-corrected chi connectivity index (χ2v) is 8.06. The summed E-state index contributed by atoms with van der Waals surface area (Å²) in [4.78, 5) is 31.0. The van der Waals surface area contributed by atoms with Crippen LogP contribution in [-0.2, 0) is 4.79 Å². The lowest BCUT2D eigenvalue weighted by Crippen LogP contribution is -2.57. The van der Waals surface area contributed by atoms with Crippen LogP contribution in [0.1, 0.15) is 36.2 Å². The van der Waals surface area contributed by atoms with Gasteiger partial charge in [-0.3, -0.25) is 9.59 Å². The molecule has 4 rings (SSSR count). The highest BCUT2D eigenvalue weighted by atomic mass is 35.5. The Bertz CT molecular complexity index is 914. The minimum absolute atomic E-state index is 0.00106. The SMILES string of the molecule is O=C(c1ccc2cccc(Cl)c2n1)N1CC[C@@H](O)[C@](CC2CC2)(C(=O)O)C1. The molecule has 2 aliphatic rings. The molecule has 2 heterocycles. The first-order valence-corrected chi connectivity index (χ1v) is 9.54. The van der Waals surface area contributed by atoms with Crippen molar-refractivity contribution in [2.24, 2.45) is 11.3 Å². The highest BCUT2D eigenvalue weighted by Crippen LogP contribution is 2.45. The van der Waals surface area contributed by atoms with Crippen LogP contribution in [0, 0.1) is 11.3 Å². The standard InChI is InChI=1S/C20H21ClN2O4/c21-14-3-1-2-13-6-7-15(22-17(13)14)18(25)23-9-8-16(24)20(11-23,19(26)27)10-12-4-5-12/h1-3,6-7,12,16,24H,4-5,8-11H2,(H,26,27)/t16-,20-/m1/s1. The number of carbonyl (C=O) groups is 2. The van der Waals surface area contributed by atoms with Gasteiger partial charge < -0.3 is 15.1 Å². The molecule has 1 aromatic heterocycles. The number of rotatable bonds is 4. The van der Waals surface area contributed by atoms with Crippen LogP contribution in [0.4, 0.5) is 0 Å². The van der Waals surface area contributed by atoms with Crippen molar-refractivity contribution >= 4 is 34.4 Å². The van der Waals surface area contributed by atoms with E-state index in [0.717, 1.165) is 18.2 Å². The lowest BCUT2D eigenvalue weighted by atomic mass is 9.73. The molecule has 2 aromatic rings. The zero-order valence-electron chi connectivity index (χ0n) is 14.8. The second kappa shape index (κ2) is 6.77. The number of hydrogen-bond acceptors (Lipinski definition) is 4. The van der Waals surface area contributed by atoms with E-state index >= 15 is 0 Å². The van der Waals surface area contributed by atoms with E-state index in [4.69, 9.17) is 11.6 Å². The van der Waals surface area contributed by atoms with Gasteiger partial charge in [0, 0.05) is 18.5 Å². The van der Waals surface area contributed by atoms with Crippen molar-refractivity contribution in [1.82, 2.24) is 9.88 Å². The summed E-state index contributed by atoms with van der Waals surface area (Å²) in [5.41, 5.74) is -0.522. The summed E-state index contributed by atoms with van der Waals surface area (Å²) in [6.07, 6.45) is 1.68. The average molecular weight is 389 g/mol. The van der Waals surface area contributed by atoms with Crippen LogP contribution >= 0.6 is 11.6 Å². The van der Waals surface area contributed by atoms with E-state index in [0.29, 0.717) is 29.4 Å². The van der Waals surface area contributed by atoms with Crippen LogP contribution in [0.2, 0.25) is 5.02 Å². The quantitative estimate of drug-likeness (QED) is 0.840.